The summed E-state index contributed by atoms with van der Waals surface area (Å²) < 4.78 is 9.31. The Morgan fingerprint density at radius 2 is 1.86 bits per heavy atom. The SMILES string of the molecule is COc1cccc(C23CCN(CCc4ccccc4)CC2Cc2c(n(C)c4c(Br)cccc24)C3)c1. The lowest BCUT2D eigenvalue weighted by atomic mass is 9.58. The van der Waals surface area contributed by atoms with Gasteiger partial charge >= 0.3 is 0 Å². The number of piperidine rings is 1. The molecule has 2 atom stereocenters. The molecule has 1 aliphatic heterocycles. The maximum absolute atomic E-state index is 5.67. The molecular formula is C31H33BrN2O. The summed E-state index contributed by atoms with van der Waals surface area (Å²) in [6.07, 6.45) is 4.51. The Morgan fingerprint density at radius 3 is 2.69 bits per heavy atom. The van der Waals surface area contributed by atoms with Crippen LogP contribution < -0.4 is 4.74 Å². The molecule has 4 aromatic rings. The molecule has 2 heterocycles. The number of rotatable bonds is 5. The zero-order chi connectivity index (χ0) is 24.0. The average Bonchev–Trinajstić information content (AvgIpc) is 3.18. The Hall–Kier alpha value is -2.56. The van der Waals surface area contributed by atoms with Gasteiger partial charge in [0, 0.05) is 41.1 Å². The fourth-order valence-corrected chi connectivity index (χ4v) is 7.40. The highest BCUT2D eigenvalue weighted by molar-refractivity contribution is 9.10. The standard InChI is InChI=1S/C31H33BrN2O/c1-33-29-20-31(23-10-6-11-25(18-23)35-2)15-17-34(16-14-22-8-4-3-5-9-22)21-24(31)19-27(29)26-12-7-13-28(32)30(26)33/h3-13,18,24H,14-17,19-21H2,1-2H3. The van der Waals surface area contributed by atoms with Gasteiger partial charge in [-0.3, -0.25) is 0 Å². The minimum Gasteiger partial charge on any atom is -0.497 e. The van der Waals surface area contributed by atoms with Crippen LogP contribution in [0.5, 0.6) is 5.75 Å². The van der Waals surface area contributed by atoms with Gasteiger partial charge in [0.2, 0.25) is 0 Å². The molecule has 6 rings (SSSR count). The van der Waals surface area contributed by atoms with Crippen LogP contribution in [-0.4, -0.2) is 36.2 Å². The van der Waals surface area contributed by atoms with Crippen molar-refractivity contribution in [2.24, 2.45) is 13.0 Å². The van der Waals surface area contributed by atoms with E-state index in [9.17, 15) is 0 Å². The first-order valence-corrected chi connectivity index (χ1v) is 13.5. The molecule has 4 heteroatoms. The molecule has 3 nitrogen and oxygen atoms in total. The number of fused-ring (bicyclic) bond motifs is 4. The van der Waals surface area contributed by atoms with E-state index in [1.165, 1.54) is 38.6 Å². The average molecular weight is 530 g/mol. The van der Waals surface area contributed by atoms with Gasteiger partial charge in [0.1, 0.15) is 5.75 Å². The van der Waals surface area contributed by atoms with Gasteiger partial charge in [0.15, 0.2) is 0 Å². The maximum Gasteiger partial charge on any atom is 0.119 e. The lowest BCUT2D eigenvalue weighted by Gasteiger charge is -2.51. The number of nitrogens with zero attached hydrogens (tertiary/aromatic N) is 2. The van der Waals surface area contributed by atoms with E-state index in [-0.39, 0.29) is 5.41 Å². The molecule has 0 spiro atoms. The second-order valence-corrected chi connectivity index (χ2v) is 11.2. The van der Waals surface area contributed by atoms with E-state index in [0.717, 1.165) is 44.6 Å². The number of hydrogen-bond donors (Lipinski definition) is 0. The Labute approximate surface area is 216 Å². The number of aromatic nitrogens is 1. The van der Waals surface area contributed by atoms with Gasteiger partial charge in [0.25, 0.3) is 0 Å². The molecule has 3 aromatic carbocycles. The summed E-state index contributed by atoms with van der Waals surface area (Å²) >= 11 is 3.83. The third-order valence-electron chi connectivity index (χ3n) is 8.67. The lowest BCUT2D eigenvalue weighted by Crippen LogP contribution is -2.54. The third kappa shape index (κ3) is 3.91. The highest BCUT2D eigenvalue weighted by atomic mass is 79.9. The summed E-state index contributed by atoms with van der Waals surface area (Å²) in [6.45, 7) is 3.42. The number of aryl methyl sites for hydroxylation is 1. The molecule has 1 aromatic heterocycles. The highest BCUT2D eigenvalue weighted by Crippen LogP contribution is 2.50. The van der Waals surface area contributed by atoms with Crippen molar-refractivity contribution in [3.8, 4) is 5.75 Å². The smallest absolute Gasteiger partial charge is 0.119 e. The Bertz CT molecular complexity index is 1360. The minimum atomic E-state index is 0.138. The Kier molecular flexibility index (Phi) is 5.98. The molecule has 2 aliphatic rings. The first-order chi connectivity index (χ1) is 17.1. The summed E-state index contributed by atoms with van der Waals surface area (Å²) in [7, 11) is 4.03. The fourth-order valence-electron chi connectivity index (χ4n) is 6.77. The predicted molar refractivity (Wildman–Crippen MR) is 147 cm³/mol. The Morgan fingerprint density at radius 1 is 1.03 bits per heavy atom. The largest absolute Gasteiger partial charge is 0.497 e. The van der Waals surface area contributed by atoms with Crippen LogP contribution in [0.25, 0.3) is 10.9 Å². The quantitative estimate of drug-likeness (QED) is 0.292. The van der Waals surface area contributed by atoms with Crippen molar-refractivity contribution in [1.82, 2.24) is 9.47 Å². The van der Waals surface area contributed by atoms with E-state index in [4.69, 9.17) is 4.74 Å². The third-order valence-corrected chi connectivity index (χ3v) is 9.31. The van der Waals surface area contributed by atoms with Crippen molar-refractivity contribution < 1.29 is 4.74 Å². The lowest BCUT2D eigenvalue weighted by molar-refractivity contribution is 0.0815. The molecule has 180 valence electrons. The van der Waals surface area contributed by atoms with Crippen LogP contribution in [0.2, 0.25) is 0 Å². The van der Waals surface area contributed by atoms with Crippen molar-refractivity contribution in [2.75, 3.05) is 26.7 Å². The molecule has 0 N–H and O–H groups in total. The number of ether oxygens (including phenoxy) is 1. The molecule has 0 radical (unpaired) electrons. The summed E-state index contributed by atoms with van der Waals surface area (Å²) in [6, 6.07) is 26.5. The molecule has 0 bridgehead atoms. The van der Waals surface area contributed by atoms with E-state index >= 15 is 0 Å². The van der Waals surface area contributed by atoms with Gasteiger partial charge in [-0.2, -0.15) is 0 Å². The van der Waals surface area contributed by atoms with Crippen LogP contribution in [0.4, 0.5) is 0 Å². The highest BCUT2D eigenvalue weighted by Gasteiger charge is 2.48. The van der Waals surface area contributed by atoms with Crippen molar-refractivity contribution in [1.29, 1.82) is 0 Å². The summed E-state index contributed by atoms with van der Waals surface area (Å²) in [5.74, 6) is 1.55. The summed E-state index contributed by atoms with van der Waals surface area (Å²) in [5, 5.41) is 1.41. The molecule has 0 amide bonds. The molecule has 2 unspecified atom stereocenters. The minimum absolute atomic E-state index is 0.138. The van der Waals surface area contributed by atoms with Gasteiger partial charge in [-0.25, -0.2) is 0 Å². The molecule has 1 saturated heterocycles. The molecule has 35 heavy (non-hydrogen) atoms. The van der Waals surface area contributed by atoms with Crippen molar-refractivity contribution in [2.45, 2.75) is 31.1 Å². The molecule has 1 fully saturated rings. The number of likely N-dealkylation sites (tertiary alicyclic amines) is 1. The number of para-hydroxylation sites is 1. The van der Waals surface area contributed by atoms with Crippen LogP contribution in [0.1, 0.15) is 28.8 Å². The predicted octanol–water partition coefficient (Wildman–Crippen LogP) is 6.55. The van der Waals surface area contributed by atoms with E-state index in [2.05, 4.69) is 105 Å². The second kappa shape index (κ2) is 9.15. The molecular weight excluding hydrogens is 496 g/mol. The van der Waals surface area contributed by atoms with Gasteiger partial charge in [-0.05, 0) is 89.0 Å². The normalized spacial score (nSPS) is 22.1. The number of methoxy groups -OCH3 is 1. The number of hydrogen-bond acceptors (Lipinski definition) is 2. The van der Waals surface area contributed by atoms with Gasteiger partial charge in [-0.15, -0.1) is 0 Å². The monoisotopic (exact) mass is 528 g/mol. The van der Waals surface area contributed by atoms with Gasteiger partial charge in [0.05, 0.1) is 12.6 Å². The zero-order valence-electron chi connectivity index (χ0n) is 20.6. The summed E-state index contributed by atoms with van der Waals surface area (Å²) in [4.78, 5) is 2.71. The van der Waals surface area contributed by atoms with Crippen molar-refractivity contribution in [3.63, 3.8) is 0 Å². The van der Waals surface area contributed by atoms with Crippen LogP contribution in [-0.2, 0) is 31.7 Å². The zero-order valence-corrected chi connectivity index (χ0v) is 22.2. The van der Waals surface area contributed by atoms with Crippen molar-refractivity contribution >= 4 is 26.8 Å². The van der Waals surface area contributed by atoms with Crippen LogP contribution in [0, 0.1) is 5.92 Å². The summed E-state index contributed by atoms with van der Waals surface area (Å²) in [5.41, 5.74) is 7.40. The van der Waals surface area contributed by atoms with Crippen LogP contribution >= 0.6 is 15.9 Å². The van der Waals surface area contributed by atoms with Crippen molar-refractivity contribution in [3.05, 3.63) is 99.7 Å². The second-order valence-electron chi connectivity index (χ2n) is 10.4. The fraction of sp³-hybridized carbons (Fsp3) is 0.355. The van der Waals surface area contributed by atoms with Gasteiger partial charge in [-0.1, -0.05) is 54.6 Å². The number of benzene rings is 3. The number of halogens is 1. The first kappa shape index (κ1) is 22.9. The van der Waals surface area contributed by atoms with Gasteiger partial charge < -0.3 is 14.2 Å². The van der Waals surface area contributed by atoms with Crippen LogP contribution in [0.15, 0.2) is 77.3 Å². The molecule has 1 aliphatic carbocycles. The van der Waals surface area contributed by atoms with E-state index in [1.54, 1.807) is 12.7 Å². The maximum atomic E-state index is 5.67. The van der Waals surface area contributed by atoms with E-state index in [0.29, 0.717) is 5.92 Å². The van der Waals surface area contributed by atoms with E-state index in [1.807, 2.05) is 0 Å². The Balaban J connectivity index is 1.39. The topological polar surface area (TPSA) is 17.4 Å². The van der Waals surface area contributed by atoms with Crippen LogP contribution in [0.3, 0.4) is 0 Å². The van der Waals surface area contributed by atoms with E-state index < -0.39 is 0 Å². The first-order valence-electron chi connectivity index (χ1n) is 12.7. The molecule has 0 saturated carbocycles.